The van der Waals surface area contributed by atoms with Gasteiger partial charge in [0.05, 0.1) is 12.1 Å². The summed E-state index contributed by atoms with van der Waals surface area (Å²) in [5.41, 5.74) is 0. The molecule has 1 aliphatic heterocycles. The van der Waals surface area contributed by atoms with Crippen molar-refractivity contribution in [1.82, 2.24) is 15.5 Å². The molecule has 2 heterocycles. The Labute approximate surface area is 114 Å². The van der Waals surface area contributed by atoms with Crippen LogP contribution in [-0.4, -0.2) is 43.0 Å². The Bertz CT molecular complexity index is 382. The standard InChI is InChI=1S/C13H24N4O2/c1-4-7-14-10(2)12-15-16-13(19-12)17-8-5-6-11(9-17)18-3/h10-11,14H,4-9H2,1-3H3. The molecule has 0 spiro atoms. The normalized spacial score (nSPS) is 21.6. The molecule has 108 valence electrons. The number of hydrogen-bond donors (Lipinski definition) is 1. The molecule has 1 fully saturated rings. The van der Waals surface area contributed by atoms with Crippen molar-refractivity contribution >= 4 is 6.01 Å². The molecule has 6 nitrogen and oxygen atoms in total. The van der Waals surface area contributed by atoms with Crippen LogP contribution in [0.4, 0.5) is 6.01 Å². The molecule has 0 aliphatic carbocycles. The smallest absolute Gasteiger partial charge is 0.318 e. The third kappa shape index (κ3) is 3.67. The minimum absolute atomic E-state index is 0.101. The van der Waals surface area contributed by atoms with E-state index in [2.05, 4.69) is 27.3 Å². The van der Waals surface area contributed by atoms with Crippen molar-refractivity contribution in [3.63, 3.8) is 0 Å². The minimum Gasteiger partial charge on any atom is -0.406 e. The van der Waals surface area contributed by atoms with Crippen LogP contribution in [0.5, 0.6) is 0 Å². The Hall–Kier alpha value is -1.14. The number of nitrogens with one attached hydrogen (secondary N) is 1. The molecule has 2 atom stereocenters. The number of hydrogen-bond acceptors (Lipinski definition) is 6. The monoisotopic (exact) mass is 268 g/mol. The van der Waals surface area contributed by atoms with Gasteiger partial charge in [0.15, 0.2) is 0 Å². The van der Waals surface area contributed by atoms with Gasteiger partial charge in [0.1, 0.15) is 0 Å². The lowest BCUT2D eigenvalue weighted by atomic mass is 10.1. The zero-order chi connectivity index (χ0) is 13.7. The highest BCUT2D eigenvalue weighted by atomic mass is 16.5. The maximum absolute atomic E-state index is 5.76. The van der Waals surface area contributed by atoms with E-state index in [1.54, 1.807) is 7.11 Å². The van der Waals surface area contributed by atoms with Gasteiger partial charge in [-0.05, 0) is 32.7 Å². The summed E-state index contributed by atoms with van der Waals surface area (Å²) in [7, 11) is 1.75. The van der Waals surface area contributed by atoms with E-state index in [0.29, 0.717) is 11.9 Å². The lowest BCUT2D eigenvalue weighted by molar-refractivity contribution is 0.0878. The first-order valence-electron chi connectivity index (χ1n) is 7.09. The maximum atomic E-state index is 5.76. The first-order chi connectivity index (χ1) is 9.24. The number of methoxy groups -OCH3 is 1. The fourth-order valence-corrected chi connectivity index (χ4v) is 2.28. The van der Waals surface area contributed by atoms with Crippen molar-refractivity contribution in [3.8, 4) is 0 Å². The Balaban J connectivity index is 1.96. The van der Waals surface area contributed by atoms with Crippen molar-refractivity contribution in [2.24, 2.45) is 0 Å². The van der Waals surface area contributed by atoms with Crippen molar-refractivity contribution in [2.45, 2.75) is 45.3 Å². The fraction of sp³-hybridized carbons (Fsp3) is 0.846. The van der Waals surface area contributed by atoms with Crippen LogP contribution < -0.4 is 10.2 Å². The highest BCUT2D eigenvalue weighted by molar-refractivity contribution is 5.25. The van der Waals surface area contributed by atoms with E-state index in [4.69, 9.17) is 9.15 Å². The SMILES string of the molecule is CCCNC(C)c1nnc(N2CCCC(OC)C2)o1. The first-order valence-corrected chi connectivity index (χ1v) is 7.09. The van der Waals surface area contributed by atoms with Gasteiger partial charge in [-0.15, -0.1) is 5.10 Å². The predicted octanol–water partition coefficient (Wildman–Crippen LogP) is 1.75. The molecular formula is C13H24N4O2. The van der Waals surface area contributed by atoms with Crippen LogP contribution in [0.25, 0.3) is 0 Å². The molecule has 0 bridgehead atoms. The van der Waals surface area contributed by atoms with Gasteiger partial charge in [-0.3, -0.25) is 0 Å². The number of anilines is 1. The van der Waals surface area contributed by atoms with E-state index in [0.717, 1.165) is 38.9 Å². The highest BCUT2D eigenvalue weighted by Crippen LogP contribution is 2.21. The second-order valence-corrected chi connectivity index (χ2v) is 5.04. The average molecular weight is 268 g/mol. The Morgan fingerprint density at radius 2 is 2.37 bits per heavy atom. The molecule has 0 aromatic carbocycles. The summed E-state index contributed by atoms with van der Waals surface area (Å²) < 4.78 is 11.2. The summed E-state index contributed by atoms with van der Waals surface area (Å²) in [4.78, 5) is 2.11. The van der Waals surface area contributed by atoms with Gasteiger partial charge in [-0.1, -0.05) is 12.0 Å². The van der Waals surface area contributed by atoms with Crippen molar-refractivity contribution < 1.29 is 9.15 Å². The summed E-state index contributed by atoms with van der Waals surface area (Å²) >= 11 is 0. The molecule has 0 radical (unpaired) electrons. The van der Waals surface area contributed by atoms with Gasteiger partial charge in [0.2, 0.25) is 5.89 Å². The Morgan fingerprint density at radius 1 is 1.53 bits per heavy atom. The molecule has 1 aromatic rings. The second-order valence-electron chi connectivity index (χ2n) is 5.04. The molecule has 1 aromatic heterocycles. The topological polar surface area (TPSA) is 63.4 Å². The third-order valence-corrected chi connectivity index (χ3v) is 3.48. The average Bonchev–Trinajstić information content (AvgIpc) is 2.94. The highest BCUT2D eigenvalue weighted by Gasteiger charge is 2.24. The molecule has 0 amide bonds. The van der Waals surface area contributed by atoms with Crippen LogP contribution in [0.15, 0.2) is 4.42 Å². The summed E-state index contributed by atoms with van der Waals surface area (Å²) in [6, 6.07) is 0.714. The van der Waals surface area contributed by atoms with E-state index >= 15 is 0 Å². The molecule has 6 heteroatoms. The maximum Gasteiger partial charge on any atom is 0.318 e. The Morgan fingerprint density at radius 3 is 3.11 bits per heavy atom. The van der Waals surface area contributed by atoms with Crippen LogP contribution in [-0.2, 0) is 4.74 Å². The zero-order valence-electron chi connectivity index (χ0n) is 12.1. The predicted molar refractivity (Wildman–Crippen MR) is 73.3 cm³/mol. The summed E-state index contributed by atoms with van der Waals surface area (Å²) in [5.74, 6) is 0.656. The first kappa shape index (κ1) is 14.3. The minimum atomic E-state index is 0.101. The van der Waals surface area contributed by atoms with Gasteiger partial charge >= 0.3 is 6.01 Å². The second kappa shape index (κ2) is 6.86. The number of piperidine rings is 1. The van der Waals surface area contributed by atoms with E-state index in [-0.39, 0.29) is 12.1 Å². The van der Waals surface area contributed by atoms with Gasteiger partial charge < -0.3 is 19.4 Å². The van der Waals surface area contributed by atoms with Crippen molar-refractivity contribution in [1.29, 1.82) is 0 Å². The molecule has 2 rings (SSSR count). The van der Waals surface area contributed by atoms with E-state index in [9.17, 15) is 0 Å². The summed E-state index contributed by atoms with van der Waals surface area (Å²) in [6.07, 6.45) is 3.55. The van der Waals surface area contributed by atoms with Gasteiger partial charge in [-0.2, -0.15) is 0 Å². The van der Waals surface area contributed by atoms with E-state index in [1.807, 2.05) is 6.92 Å². The third-order valence-electron chi connectivity index (χ3n) is 3.48. The fourth-order valence-electron chi connectivity index (χ4n) is 2.28. The lowest BCUT2D eigenvalue weighted by Crippen LogP contribution is -2.39. The van der Waals surface area contributed by atoms with Crippen LogP contribution in [0, 0.1) is 0 Å². The number of ether oxygens (including phenoxy) is 1. The summed E-state index contributed by atoms with van der Waals surface area (Å²) in [5, 5.41) is 11.6. The number of nitrogens with zero attached hydrogens (tertiary/aromatic N) is 3. The molecule has 19 heavy (non-hydrogen) atoms. The zero-order valence-corrected chi connectivity index (χ0v) is 12.1. The summed E-state index contributed by atoms with van der Waals surface area (Å²) in [6.45, 7) is 6.92. The molecule has 2 unspecified atom stereocenters. The van der Waals surface area contributed by atoms with Crippen LogP contribution in [0.1, 0.15) is 45.0 Å². The van der Waals surface area contributed by atoms with Crippen molar-refractivity contribution in [3.05, 3.63) is 5.89 Å². The number of rotatable bonds is 6. The van der Waals surface area contributed by atoms with Crippen LogP contribution in [0.3, 0.4) is 0 Å². The van der Waals surface area contributed by atoms with E-state index in [1.165, 1.54) is 0 Å². The largest absolute Gasteiger partial charge is 0.406 e. The Kier molecular flexibility index (Phi) is 5.15. The molecule has 1 N–H and O–H groups in total. The quantitative estimate of drug-likeness (QED) is 0.848. The van der Waals surface area contributed by atoms with E-state index < -0.39 is 0 Å². The number of aromatic nitrogens is 2. The van der Waals surface area contributed by atoms with Gasteiger partial charge in [-0.25, -0.2) is 0 Å². The van der Waals surface area contributed by atoms with Crippen LogP contribution >= 0.6 is 0 Å². The van der Waals surface area contributed by atoms with Gasteiger partial charge in [0, 0.05) is 20.2 Å². The van der Waals surface area contributed by atoms with Gasteiger partial charge in [0.25, 0.3) is 0 Å². The molecular weight excluding hydrogens is 244 g/mol. The lowest BCUT2D eigenvalue weighted by Gasteiger charge is -2.30. The molecule has 0 saturated carbocycles. The molecule has 1 saturated heterocycles. The molecule has 1 aliphatic rings. The van der Waals surface area contributed by atoms with Crippen molar-refractivity contribution in [2.75, 3.05) is 31.6 Å². The van der Waals surface area contributed by atoms with Crippen LogP contribution in [0.2, 0.25) is 0 Å².